The van der Waals surface area contributed by atoms with Crippen molar-refractivity contribution in [1.82, 2.24) is 0 Å². The number of carbonyl (C=O) groups is 1. The number of ether oxygens (including phenoxy) is 1. The molecular weight excluding hydrogens is 320 g/mol. The number of amides is 1. The summed E-state index contributed by atoms with van der Waals surface area (Å²) >= 11 is 3.38. The van der Waals surface area contributed by atoms with Gasteiger partial charge in [-0.05, 0) is 49.4 Å². The van der Waals surface area contributed by atoms with Gasteiger partial charge in [0, 0.05) is 4.47 Å². The summed E-state index contributed by atoms with van der Waals surface area (Å²) in [5.41, 5.74) is 11.6. The molecular formula is C15H21BrN2O2. The van der Waals surface area contributed by atoms with Crippen LogP contribution in [0.25, 0.3) is 0 Å². The highest BCUT2D eigenvalue weighted by molar-refractivity contribution is 9.10. The molecule has 0 aromatic heterocycles. The zero-order chi connectivity index (χ0) is 14.5. The first kappa shape index (κ1) is 15.3. The summed E-state index contributed by atoms with van der Waals surface area (Å²) in [7, 11) is 0. The van der Waals surface area contributed by atoms with E-state index in [9.17, 15) is 4.79 Å². The van der Waals surface area contributed by atoms with Gasteiger partial charge in [-0.15, -0.1) is 0 Å². The van der Waals surface area contributed by atoms with Crippen LogP contribution in [0.1, 0.15) is 36.0 Å². The number of nitrogens with two attached hydrogens (primary N) is 2. The van der Waals surface area contributed by atoms with E-state index in [4.69, 9.17) is 16.2 Å². The summed E-state index contributed by atoms with van der Waals surface area (Å²) < 4.78 is 6.74. The van der Waals surface area contributed by atoms with E-state index in [0.717, 1.165) is 10.9 Å². The van der Waals surface area contributed by atoms with Crippen molar-refractivity contribution in [1.29, 1.82) is 0 Å². The Balaban J connectivity index is 2.06. The van der Waals surface area contributed by atoms with E-state index in [2.05, 4.69) is 15.9 Å². The number of carbonyl (C=O) groups excluding carboxylic acids is 1. The number of primary amides is 1. The standard InChI is InChI=1S/C15H21BrN2O2/c16-12-5-6-13(15(18)19)14(7-12)20-9-11-4-2-1-3-10(11)8-17/h5-7,10-11H,1-4,8-9,17H2,(H2,18,19). The van der Waals surface area contributed by atoms with Gasteiger partial charge >= 0.3 is 0 Å². The maximum Gasteiger partial charge on any atom is 0.252 e. The molecule has 0 aliphatic heterocycles. The molecule has 0 spiro atoms. The molecule has 4 N–H and O–H groups in total. The van der Waals surface area contributed by atoms with Crippen molar-refractivity contribution in [3.05, 3.63) is 28.2 Å². The Morgan fingerprint density at radius 2 is 2.00 bits per heavy atom. The van der Waals surface area contributed by atoms with E-state index in [1.807, 2.05) is 0 Å². The van der Waals surface area contributed by atoms with Crippen molar-refractivity contribution >= 4 is 21.8 Å². The lowest BCUT2D eigenvalue weighted by Gasteiger charge is -2.30. The number of benzene rings is 1. The second kappa shape index (κ2) is 7.09. The van der Waals surface area contributed by atoms with Gasteiger partial charge in [0.15, 0.2) is 0 Å². The Bertz CT molecular complexity index is 479. The number of hydrogen-bond acceptors (Lipinski definition) is 3. The Morgan fingerprint density at radius 3 is 2.65 bits per heavy atom. The summed E-state index contributed by atoms with van der Waals surface area (Å²) in [6, 6.07) is 5.26. The van der Waals surface area contributed by atoms with Crippen LogP contribution in [0.4, 0.5) is 0 Å². The Morgan fingerprint density at radius 1 is 1.30 bits per heavy atom. The molecule has 1 amide bonds. The molecule has 0 radical (unpaired) electrons. The molecule has 0 bridgehead atoms. The molecule has 1 aromatic rings. The van der Waals surface area contributed by atoms with E-state index in [1.165, 1.54) is 19.3 Å². The molecule has 0 saturated heterocycles. The highest BCUT2D eigenvalue weighted by Gasteiger charge is 2.25. The normalized spacial score (nSPS) is 22.5. The van der Waals surface area contributed by atoms with Crippen molar-refractivity contribution < 1.29 is 9.53 Å². The summed E-state index contributed by atoms with van der Waals surface area (Å²) in [5.74, 6) is 1.07. The van der Waals surface area contributed by atoms with Gasteiger partial charge in [0.05, 0.1) is 12.2 Å². The minimum Gasteiger partial charge on any atom is -0.492 e. The van der Waals surface area contributed by atoms with Crippen molar-refractivity contribution in [2.24, 2.45) is 23.3 Å². The maximum atomic E-state index is 11.4. The van der Waals surface area contributed by atoms with E-state index in [0.29, 0.717) is 36.3 Å². The number of hydrogen-bond donors (Lipinski definition) is 2. The Hall–Kier alpha value is -1.07. The molecule has 1 aliphatic carbocycles. The van der Waals surface area contributed by atoms with Gasteiger partial charge < -0.3 is 16.2 Å². The second-order valence-corrected chi connectivity index (χ2v) is 6.27. The van der Waals surface area contributed by atoms with Crippen LogP contribution in [-0.4, -0.2) is 19.1 Å². The van der Waals surface area contributed by atoms with Gasteiger partial charge in [-0.3, -0.25) is 4.79 Å². The van der Waals surface area contributed by atoms with Crippen LogP contribution >= 0.6 is 15.9 Å². The Labute approximate surface area is 128 Å². The molecule has 0 heterocycles. The van der Waals surface area contributed by atoms with E-state index in [-0.39, 0.29) is 0 Å². The average molecular weight is 341 g/mol. The fourth-order valence-electron chi connectivity index (χ4n) is 2.83. The Kier molecular flexibility index (Phi) is 5.43. The van der Waals surface area contributed by atoms with Crippen LogP contribution in [0.15, 0.2) is 22.7 Å². The molecule has 20 heavy (non-hydrogen) atoms. The summed E-state index contributed by atoms with van der Waals surface area (Å²) in [6.45, 7) is 1.30. The predicted molar refractivity (Wildman–Crippen MR) is 82.7 cm³/mol. The van der Waals surface area contributed by atoms with Crippen LogP contribution < -0.4 is 16.2 Å². The molecule has 4 nitrogen and oxygen atoms in total. The van der Waals surface area contributed by atoms with E-state index < -0.39 is 5.91 Å². The van der Waals surface area contributed by atoms with Gasteiger partial charge in [0.1, 0.15) is 5.75 Å². The number of rotatable bonds is 5. The van der Waals surface area contributed by atoms with Gasteiger partial charge in [-0.2, -0.15) is 0 Å². The third kappa shape index (κ3) is 3.73. The zero-order valence-electron chi connectivity index (χ0n) is 11.5. The van der Waals surface area contributed by atoms with Crippen molar-refractivity contribution in [2.45, 2.75) is 25.7 Å². The van der Waals surface area contributed by atoms with Crippen molar-refractivity contribution in [3.8, 4) is 5.75 Å². The van der Waals surface area contributed by atoms with Gasteiger partial charge in [0.25, 0.3) is 5.91 Å². The lowest BCUT2D eigenvalue weighted by molar-refractivity contribution is 0.0991. The van der Waals surface area contributed by atoms with E-state index in [1.54, 1.807) is 18.2 Å². The van der Waals surface area contributed by atoms with Gasteiger partial charge in [0.2, 0.25) is 0 Å². The molecule has 1 aliphatic rings. The second-order valence-electron chi connectivity index (χ2n) is 5.36. The monoisotopic (exact) mass is 340 g/mol. The molecule has 110 valence electrons. The highest BCUT2D eigenvalue weighted by atomic mass is 79.9. The van der Waals surface area contributed by atoms with Gasteiger partial charge in [-0.1, -0.05) is 28.8 Å². The van der Waals surface area contributed by atoms with E-state index >= 15 is 0 Å². The molecule has 2 unspecified atom stereocenters. The van der Waals surface area contributed by atoms with Crippen LogP contribution in [0.3, 0.4) is 0 Å². The smallest absolute Gasteiger partial charge is 0.252 e. The lowest BCUT2D eigenvalue weighted by Crippen LogP contribution is -2.31. The van der Waals surface area contributed by atoms with Crippen LogP contribution in [-0.2, 0) is 0 Å². The molecule has 1 saturated carbocycles. The van der Waals surface area contributed by atoms with Crippen LogP contribution in [0.5, 0.6) is 5.75 Å². The van der Waals surface area contributed by atoms with Crippen molar-refractivity contribution in [2.75, 3.05) is 13.2 Å². The first-order valence-electron chi connectivity index (χ1n) is 7.04. The third-order valence-electron chi connectivity index (χ3n) is 4.03. The SMILES string of the molecule is NCC1CCCCC1COc1cc(Br)ccc1C(N)=O. The first-order chi connectivity index (χ1) is 9.61. The molecule has 1 fully saturated rings. The average Bonchev–Trinajstić information content (AvgIpc) is 2.45. The predicted octanol–water partition coefficient (Wildman–Crippen LogP) is 2.69. The first-order valence-corrected chi connectivity index (χ1v) is 7.83. The van der Waals surface area contributed by atoms with Gasteiger partial charge in [-0.25, -0.2) is 0 Å². The molecule has 2 rings (SSSR count). The fourth-order valence-corrected chi connectivity index (χ4v) is 3.17. The largest absolute Gasteiger partial charge is 0.492 e. The summed E-state index contributed by atoms with van der Waals surface area (Å²) in [4.78, 5) is 11.4. The maximum absolute atomic E-state index is 11.4. The summed E-state index contributed by atoms with van der Waals surface area (Å²) in [5, 5.41) is 0. The van der Waals surface area contributed by atoms with Crippen LogP contribution in [0.2, 0.25) is 0 Å². The minimum atomic E-state index is -0.466. The molecule has 5 heteroatoms. The van der Waals surface area contributed by atoms with Crippen LogP contribution in [0, 0.1) is 11.8 Å². The fraction of sp³-hybridized carbons (Fsp3) is 0.533. The van der Waals surface area contributed by atoms with Crippen molar-refractivity contribution in [3.63, 3.8) is 0 Å². The molecule has 1 aromatic carbocycles. The topological polar surface area (TPSA) is 78.3 Å². The summed E-state index contributed by atoms with van der Waals surface area (Å²) in [6.07, 6.45) is 4.79. The highest BCUT2D eigenvalue weighted by Crippen LogP contribution is 2.31. The zero-order valence-corrected chi connectivity index (χ0v) is 13.1. The molecule has 2 atom stereocenters. The minimum absolute atomic E-state index is 0.424. The lowest BCUT2D eigenvalue weighted by atomic mass is 9.80. The third-order valence-corrected chi connectivity index (χ3v) is 4.52. The number of halogens is 1. The quantitative estimate of drug-likeness (QED) is 0.864.